The minimum Gasteiger partial charge on any atom is -0.353 e. The molecule has 2 aliphatic carbocycles. The molecule has 0 spiro atoms. The molecule has 0 radical (unpaired) electrons. The maximum absolute atomic E-state index is 5.30. The molecule has 4 heteroatoms. The summed E-state index contributed by atoms with van der Waals surface area (Å²) in [6.07, 6.45) is 20.2. The number of rotatable bonds is 5. The van der Waals surface area contributed by atoms with Gasteiger partial charge in [-0.3, -0.25) is 4.90 Å². The van der Waals surface area contributed by atoms with E-state index in [2.05, 4.69) is 199 Å². The van der Waals surface area contributed by atoms with E-state index in [0.29, 0.717) is 0 Å². The summed E-state index contributed by atoms with van der Waals surface area (Å²) in [5, 5.41) is 14.2. The number of likely N-dealkylation sites (N-methyl/N-ethyl adjacent to an activating group) is 1. The highest BCUT2D eigenvalue weighted by Crippen LogP contribution is 2.41. The highest BCUT2D eigenvalue weighted by molar-refractivity contribution is 7.25. The van der Waals surface area contributed by atoms with Crippen LogP contribution >= 0.6 is 11.3 Å². The lowest BCUT2D eigenvalue weighted by molar-refractivity contribution is 0.152. The van der Waals surface area contributed by atoms with Crippen LogP contribution in [0.3, 0.4) is 0 Å². The SMILES string of the molecule is CN1C(C2=CCC=CC=C2)N=C(c2ccc(-c3ccc4c(c3)sc3ccc(-c5ccc6c7ccccc7c7ccccc7c6c5)cc34)cc2)NC1C1C=C=CC=C1. The first-order valence-corrected chi connectivity index (χ1v) is 20.6. The lowest BCUT2D eigenvalue weighted by Gasteiger charge is -2.41. The molecule has 1 N–H and O–H groups in total. The third-order valence-electron chi connectivity index (χ3n) is 11.9. The number of fused-ring (bicyclic) bond motifs is 9. The first-order chi connectivity index (χ1) is 28.2. The van der Waals surface area contributed by atoms with Gasteiger partial charge in [0.1, 0.15) is 12.0 Å². The Morgan fingerprint density at radius 1 is 0.614 bits per heavy atom. The van der Waals surface area contributed by atoms with E-state index in [0.717, 1.165) is 17.8 Å². The summed E-state index contributed by atoms with van der Waals surface area (Å²) in [6.45, 7) is 0. The molecule has 0 fully saturated rings. The molecule has 3 atom stereocenters. The second-order valence-electron chi connectivity index (χ2n) is 15.2. The molecule has 0 saturated carbocycles. The van der Waals surface area contributed by atoms with Crippen molar-refractivity contribution in [3.63, 3.8) is 0 Å². The summed E-state index contributed by atoms with van der Waals surface area (Å²) in [5.74, 6) is 1.10. The molecule has 8 aromatic rings. The minimum absolute atomic E-state index is 0.0440. The Bertz CT molecular complexity index is 3110. The zero-order chi connectivity index (χ0) is 37.9. The van der Waals surface area contributed by atoms with Gasteiger partial charge in [0.2, 0.25) is 0 Å². The molecule has 3 unspecified atom stereocenters. The quantitative estimate of drug-likeness (QED) is 0.140. The van der Waals surface area contributed by atoms with Gasteiger partial charge >= 0.3 is 0 Å². The highest BCUT2D eigenvalue weighted by Gasteiger charge is 2.34. The molecule has 57 heavy (non-hydrogen) atoms. The lowest BCUT2D eigenvalue weighted by atomic mass is 9.92. The van der Waals surface area contributed by atoms with Crippen LogP contribution in [-0.2, 0) is 0 Å². The minimum atomic E-state index is -0.0906. The molecule has 0 saturated heterocycles. The normalized spacial score (nSPS) is 19.4. The molecule has 1 aromatic heterocycles. The second kappa shape index (κ2) is 13.9. The van der Waals surface area contributed by atoms with Gasteiger partial charge in [-0.05, 0) is 110 Å². The monoisotopic (exact) mass is 749 g/mol. The summed E-state index contributed by atoms with van der Waals surface area (Å²) in [6, 6.07) is 47.4. The van der Waals surface area contributed by atoms with Gasteiger partial charge in [-0.2, -0.15) is 0 Å². The predicted molar refractivity (Wildman–Crippen MR) is 244 cm³/mol. The molecular formula is C53H39N3S. The van der Waals surface area contributed by atoms with Crippen molar-refractivity contribution in [1.29, 1.82) is 0 Å². The smallest absolute Gasteiger partial charge is 0.131 e. The molecule has 3 nitrogen and oxygen atoms in total. The maximum atomic E-state index is 5.30. The first-order valence-electron chi connectivity index (χ1n) is 19.8. The Hall–Kier alpha value is -6.55. The van der Waals surface area contributed by atoms with Crippen LogP contribution < -0.4 is 5.32 Å². The fourth-order valence-electron chi connectivity index (χ4n) is 8.97. The summed E-state index contributed by atoms with van der Waals surface area (Å²) < 4.78 is 2.61. The van der Waals surface area contributed by atoms with E-state index in [1.54, 1.807) is 0 Å². The van der Waals surface area contributed by atoms with Crippen molar-refractivity contribution in [2.24, 2.45) is 10.9 Å². The summed E-state index contributed by atoms with van der Waals surface area (Å²) in [5.41, 5.74) is 10.5. The van der Waals surface area contributed by atoms with E-state index >= 15 is 0 Å². The molecule has 0 amide bonds. The van der Waals surface area contributed by atoms with Gasteiger partial charge in [0.15, 0.2) is 0 Å². The van der Waals surface area contributed by atoms with Gasteiger partial charge in [0.05, 0.1) is 6.17 Å². The number of allylic oxidation sites excluding steroid dienone is 5. The van der Waals surface area contributed by atoms with E-state index < -0.39 is 0 Å². The van der Waals surface area contributed by atoms with Crippen molar-refractivity contribution < 1.29 is 0 Å². The number of aliphatic imine (C=N–C) groups is 1. The molecule has 3 aliphatic rings. The van der Waals surface area contributed by atoms with Crippen LogP contribution in [-0.4, -0.2) is 30.1 Å². The molecule has 1 aliphatic heterocycles. The third-order valence-corrected chi connectivity index (χ3v) is 13.0. The maximum Gasteiger partial charge on any atom is 0.131 e. The Morgan fingerprint density at radius 3 is 1.98 bits per heavy atom. The number of thiophene rings is 1. The first kappa shape index (κ1) is 33.8. The van der Waals surface area contributed by atoms with Crippen LogP contribution in [0.4, 0.5) is 0 Å². The Morgan fingerprint density at radius 2 is 1.25 bits per heavy atom. The van der Waals surface area contributed by atoms with E-state index in [1.165, 1.54) is 80.3 Å². The number of nitrogens with one attached hydrogen (secondary N) is 1. The molecule has 7 aromatic carbocycles. The van der Waals surface area contributed by atoms with Crippen LogP contribution in [0.15, 0.2) is 198 Å². The number of nitrogens with zero attached hydrogens (tertiary/aromatic N) is 2. The van der Waals surface area contributed by atoms with E-state index in [1.807, 2.05) is 17.4 Å². The Balaban J connectivity index is 0.918. The second-order valence-corrected chi connectivity index (χ2v) is 16.3. The zero-order valence-electron chi connectivity index (χ0n) is 31.6. The van der Waals surface area contributed by atoms with Crippen molar-refractivity contribution in [2.45, 2.75) is 18.8 Å². The van der Waals surface area contributed by atoms with E-state index in [9.17, 15) is 0 Å². The standard InChI is InChI=1S/C53H39N3S/c1-56-52(36-13-5-2-3-6-14-36)54-51(55-53(56)37-15-7-4-8-16-37)35-23-21-34(22-24-35)40-26-29-46-48-32-39(27-30-49(48)57-50(46)33-40)38-25-28-45-43-19-10-9-17-41(43)42-18-11-12-20-44(42)47(45)31-38/h2-5,7,9-33,37,52-53H,6H2,1H3,(H,54,55). The van der Waals surface area contributed by atoms with Gasteiger partial charge in [0, 0.05) is 31.7 Å². The summed E-state index contributed by atoms with van der Waals surface area (Å²) in [4.78, 5) is 7.64. The fourth-order valence-corrected chi connectivity index (χ4v) is 10.1. The summed E-state index contributed by atoms with van der Waals surface area (Å²) >= 11 is 1.87. The Labute approximate surface area is 336 Å². The Kier molecular flexibility index (Phi) is 8.22. The zero-order valence-corrected chi connectivity index (χ0v) is 32.4. The lowest BCUT2D eigenvalue weighted by Crippen LogP contribution is -2.58. The number of benzene rings is 7. The van der Waals surface area contributed by atoms with Gasteiger partial charge in [0.25, 0.3) is 0 Å². The van der Waals surface area contributed by atoms with Gasteiger partial charge in [-0.1, -0.05) is 146 Å². The van der Waals surface area contributed by atoms with Crippen LogP contribution in [0.2, 0.25) is 0 Å². The van der Waals surface area contributed by atoms with Crippen molar-refractivity contribution in [2.75, 3.05) is 7.05 Å². The van der Waals surface area contributed by atoms with Gasteiger partial charge < -0.3 is 5.32 Å². The topological polar surface area (TPSA) is 27.6 Å². The highest BCUT2D eigenvalue weighted by atomic mass is 32.1. The summed E-state index contributed by atoms with van der Waals surface area (Å²) in [7, 11) is 2.16. The van der Waals surface area contributed by atoms with Crippen LogP contribution in [0, 0.1) is 5.92 Å². The van der Waals surface area contributed by atoms with Crippen molar-refractivity contribution in [3.8, 4) is 22.3 Å². The number of hydrogen-bond acceptors (Lipinski definition) is 4. The predicted octanol–water partition coefficient (Wildman–Crippen LogP) is 13.1. The van der Waals surface area contributed by atoms with Crippen LogP contribution in [0.5, 0.6) is 0 Å². The van der Waals surface area contributed by atoms with Gasteiger partial charge in [-0.15, -0.1) is 17.1 Å². The average Bonchev–Trinajstić information content (AvgIpc) is 3.42. The third kappa shape index (κ3) is 5.89. The molecule has 2 heterocycles. The molecule has 272 valence electrons. The van der Waals surface area contributed by atoms with E-state index in [4.69, 9.17) is 4.99 Å². The van der Waals surface area contributed by atoms with Gasteiger partial charge in [-0.25, -0.2) is 4.99 Å². The number of hydrogen-bond donors (Lipinski definition) is 1. The largest absolute Gasteiger partial charge is 0.353 e. The van der Waals surface area contributed by atoms with Crippen LogP contribution in [0.25, 0.3) is 74.7 Å². The molecular weight excluding hydrogens is 711 g/mol. The molecule has 11 rings (SSSR count). The van der Waals surface area contributed by atoms with Crippen molar-refractivity contribution in [1.82, 2.24) is 10.2 Å². The van der Waals surface area contributed by atoms with Crippen LogP contribution in [0.1, 0.15) is 12.0 Å². The fraction of sp³-hybridized carbons (Fsp3) is 0.0943. The number of amidine groups is 1. The average molecular weight is 750 g/mol. The van der Waals surface area contributed by atoms with E-state index in [-0.39, 0.29) is 18.2 Å². The molecule has 0 bridgehead atoms. The van der Waals surface area contributed by atoms with Crippen molar-refractivity contribution >= 4 is 69.7 Å². The van der Waals surface area contributed by atoms with Crippen molar-refractivity contribution in [3.05, 3.63) is 199 Å².